The first-order valence-electron chi connectivity index (χ1n) is 3.88. The Morgan fingerprint density at radius 2 is 2.21 bits per heavy atom. The van der Waals surface area contributed by atoms with E-state index in [1.807, 2.05) is 0 Å². The fraction of sp³-hybridized carbons (Fsp3) is 0.250. The lowest BCUT2D eigenvalue weighted by Crippen LogP contribution is -2.17. The number of fused-ring (bicyclic) bond motifs is 1. The van der Waals surface area contributed by atoms with Crippen LogP contribution in [0.5, 0.6) is 11.6 Å². The number of carboxylic acid groups (broad SMARTS) is 1. The summed E-state index contributed by atoms with van der Waals surface area (Å²) in [6.07, 6.45) is 0. The largest absolute Gasteiger partial charge is 0.483 e. The van der Waals surface area contributed by atoms with Crippen LogP contribution in [0.4, 0.5) is 0 Å². The molecule has 2 heterocycles. The summed E-state index contributed by atoms with van der Waals surface area (Å²) in [6, 6.07) is 1.23. The van der Waals surface area contributed by atoms with Crippen molar-refractivity contribution >= 4 is 17.6 Å². The molecule has 0 radical (unpaired) electrons. The Kier molecular flexibility index (Phi) is 2.17. The minimum absolute atomic E-state index is 0.140. The number of carbonyl (C=O) groups is 1. The van der Waals surface area contributed by atoms with Crippen LogP contribution in [-0.4, -0.2) is 29.3 Å². The molecule has 0 saturated heterocycles. The molecule has 0 aliphatic carbocycles. The van der Waals surface area contributed by atoms with E-state index in [9.17, 15) is 4.79 Å². The maximum absolute atomic E-state index is 10.6. The maximum Gasteiger partial charge on any atom is 0.354 e. The third-order valence-corrected chi connectivity index (χ3v) is 1.96. The van der Waals surface area contributed by atoms with Crippen LogP contribution in [0.25, 0.3) is 0 Å². The van der Waals surface area contributed by atoms with Crippen LogP contribution in [0.3, 0.4) is 0 Å². The van der Waals surface area contributed by atoms with Crippen molar-refractivity contribution in [3.8, 4) is 11.6 Å². The Balaban J connectivity index is 2.51. The van der Waals surface area contributed by atoms with E-state index in [0.717, 1.165) is 0 Å². The summed E-state index contributed by atoms with van der Waals surface area (Å²) in [6.45, 7) is 0.736. The van der Waals surface area contributed by atoms with Crippen molar-refractivity contribution in [2.24, 2.45) is 0 Å². The molecule has 1 aromatic rings. The molecule has 0 atom stereocenters. The zero-order valence-corrected chi connectivity index (χ0v) is 7.74. The van der Waals surface area contributed by atoms with Crippen molar-refractivity contribution in [3.63, 3.8) is 0 Å². The summed E-state index contributed by atoms with van der Waals surface area (Å²) in [5.41, 5.74) is -0.153. The van der Waals surface area contributed by atoms with Crippen molar-refractivity contribution in [3.05, 3.63) is 16.8 Å². The number of rotatable bonds is 1. The highest BCUT2D eigenvalue weighted by Crippen LogP contribution is 2.35. The smallest absolute Gasteiger partial charge is 0.354 e. The third kappa shape index (κ3) is 1.46. The molecule has 0 saturated carbocycles. The Hall–Kier alpha value is -1.49. The zero-order chi connectivity index (χ0) is 10.1. The molecule has 2 rings (SSSR count). The second-order valence-corrected chi connectivity index (χ2v) is 3.03. The summed E-state index contributed by atoms with van der Waals surface area (Å²) in [4.78, 5) is 14.4. The number of pyridine rings is 1. The van der Waals surface area contributed by atoms with Gasteiger partial charge in [0, 0.05) is 0 Å². The molecule has 14 heavy (non-hydrogen) atoms. The van der Waals surface area contributed by atoms with Gasteiger partial charge in [-0.15, -0.1) is 0 Å². The Morgan fingerprint density at radius 3 is 2.93 bits per heavy atom. The van der Waals surface area contributed by atoms with Crippen LogP contribution in [0.2, 0.25) is 5.02 Å². The normalized spacial score (nSPS) is 13.8. The first-order valence-corrected chi connectivity index (χ1v) is 4.25. The summed E-state index contributed by atoms with van der Waals surface area (Å²) in [5, 5.41) is 8.89. The van der Waals surface area contributed by atoms with Gasteiger partial charge < -0.3 is 14.6 Å². The van der Waals surface area contributed by atoms with E-state index in [1.165, 1.54) is 6.07 Å². The van der Waals surface area contributed by atoms with Crippen molar-refractivity contribution in [2.75, 3.05) is 13.2 Å². The van der Waals surface area contributed by atoms with E-state index >= 15 is 0 Å². The zero-order valence-electron chi connectivity index (χ0n) is 6.99. The molecular weight excluding hydrogens is 210 g/mol. The van der Waals surface area contributed by atoms with Crippen molar-refractivity contribution < 1.29 is 19.4 Å². The molecule has 0 amide bonds. The molecule has 1 aromatic heterocycles. The second-order valence-electron chi connectivity index (χ2n) is 2.63. The summed E-state index contributed by atoms with van der Waals surface area (Å²) in [5.74, 6) is -0.701. The van der Waals surface area contributed by atoms with Gasteiger partial charge in [-0.3, -0.25) is 0 Å². The fourth-order valence-corrected chi connectivity index (χ4v) is 1.34. The number of hydrogen-bond acceptors (Lipinski definition) is 4. The Morgan fingerprint density at radius 1 is 1.50 bits per heavy atom. The van der Waals surface area contributed by atoms with E-state index in [-0.39, 0.29) is 16.6 Å². The summed E-state index contributed by atoms with van der Waals surface area (Å²) >= 11 is 5.78. The maximum atomic E-state index is 10.6. The summed E-state index contributed by atoms with van der Waals surface area (Å²) in [7, 11) is 0. The number of carboxylic acids is 1. The van der Waals surface area contributed by atoms with Crippen LogP contribution in [0.1, 0.15) is 10.5 Å². The molecule has 74 valence electrons. The molecule has 0 unspecified atom stereocenters. The van der Waals surface area contributed by atoms with Crippen molar-refractivity contribution in [1.29, 1.82) is 0 Å². The number of aromatic nitrogens is 1. The number of aromatic carboxylic acids is 1. The quantitative estimate of drug-likeness (QED) is 0.763. The lowest BCUT2D eigenvalue weighted by molar-refractivity contribution is 0.0687. The number of ether oxygens (including phenoxy) is 2. The molecule has 0 bridgehead atoms. The highest BCUT2D eigenvalue weighted by atomic mass is 35.5. The van der Waals surface area contributed by atoms with Gasteiger partial charge in [0.05, 0.1) is 5.02 Å². The van der Waals surface area contributed by atoms with Gasteiger partial charge in [0.25, 0.3) is 5.88 Å². The van der Waals surface area contributed by atoms with Gasteiger partial charge in [0.15, 0.2) is 11.4 Å². The monoisotopic (exact) mass is 215 g/mol. The van der Waals surface area contributed by atoms with E-state index < -0.39 is 5.97 Å². The van der Waals surface area contributed by atoms with Gasteiger partial charge >= 0.3 is 5.97 Å². The highest BCUT2D eigenvalue weighted by molar-refractivity contribution is 6.32. The topological polar surface area (TPSA) is 68.7 Å². The first-order chi connectivity index (χ1) is 6.68. The molecular formula is C8H6ClNO4. The highest BCUT2D eigenvalue weighted by Gasteiger charge is 2.20. The van der Waals surface area contributed by atoms with Gasteiger partial charge in [0.2, 0.25) is 0 Å². The molecule has 6 heteroatoms. The lowest BCUT2D eigenvalue weighted by atomic mass is 10.3. The molecule has 1 aliphatic rings. The summed E-state index contributed by atoms with van der Waals surface area (Å²) < 4.78 is 10.3. The van der Waals surface area contributed by atoms with Crippen LogP contribution in [-0.2, 0) is 0 Å². The molecule has 5 nitrogen and oxygen atoms in total. The van der Waals surface area contributed by atoms with Crippen molar-refractivity contribution in [2.45, 2.75) is 0 Å². The molecule has 0 aromatic carbocycles. The Labute approximate surface area is 84.2 Å². The van der Waals surface area contributed by atoms with Crippen LogP contribution in [0, 0.1) is 0 Å². The number of halogens is 1. The lowest BCUT2D eigenvalue weighted by Gasteiger charge is -2.18. The van der Waals surface area contributed by atoms with Gasteiger partial charge in [-0.1, -0.05) is 11.6 Å². The van der Waals surface area contributed by atoms with Crippen molar-refractivity contribution in [1.82, 2.24) is 4.98 Å². The molecule has 0 fully saturated rings. The van der Waals surface area contributed by atoms with Gasteiger partial charge in [-0.2, -0.15) is 0 Å². The third-order valence-electron chi connectivity index (χ3n) is 1.68. The van der Waals surface area contributed by atoms with Crippen LogP contribution < -0.4 is 9.47 Å². The minimum atomic E-state index is -1.15. The average Bonchev–Trinajstić information content (AvgIpc) is 2.17. The van der Waals surface area contributed by atoms with Crippen LogP contribution in [0.15, 0.2) is 6.07 Å². The predicted molar refractivity (Wildman–Crippen MR) is 47.2 cm³/mol. The van der Waals surface area contributed by atoms with E-state index in [0.29, 0.717) is 19.0 Å². The number of nitrogens with zero attached hydrogens (tertiary/aromatic N) is 1. The first kappa shape index (κ1) is 9.08. The van der Waals surface area contributed by atoms with E-state index in [4.69, 9.17) is 26.2 Å². The minimum Gasteiger partial charge on any atom is -0.483 e. The molecule has 1 N–H and O–H groups in total. The Bertz CT molecular complexity index is 393. The van der Waals surface area contributed by atoms with E-state index in [2.05, 4.69) is 4.98 Å². The SMILES string of the molecule is O=C(O)c1cc(Cl)c2c(n1)OCCO2. The van der Waals surface area contributed by atoms with E-state index in [1.54, 1.807) is 0 Å². The van der Waals surface area contributed by atoms with Gasteiger partial charge in [-0.25, -0.2) is 9.78 Å². The predicted octanol–water partition coefficient (Wildman–Crippen LogP) is 1.20. The van der Waals surface area contributed by atoms with Crippen LogP contribution >= 0.6 is 11.6 Å². The standard InChI is InChI=1S/C8H6ClNO4/c9-4-3-5(8(11)12)10-7-6(4)13-1-2-14-7/h3H,1-2H2,(H,11,12). The molecule has 1 aliphatic heterocycles. The van der Waals surface area contributed by atoms with Gasteiger partial charge in [-0.05, 0) is 6.07 Å². The second kappa shape index (κ2) is 3.34. The van der Waals surface area contributed by atoms with Gasteiger partial charge in [0.1, 0.15) is 13.2 Å². The fourth-order valence-electron chi connectivity index (χ4n) is 1.10. The average molecular weight is 216 g/mol. The molecule has 0 spiro atoms. The number of hydrogen-bond donors (Lipinski definition) is 1.